The number of carbonyl (C=O) groups excluding carboxylic acids is 1. The van der Waals surface area contributed by atoms with Crippen LogP contribution in [-0.4, -0.2) is 25.8 Å². The van der Waals surface area contributed by atoms with Crippen LogP contribution in [0.15, 0.2) is 60.7 Å². The lowest BCUT2D eigenvalue weighted by molar-refractivity contribution is -0.176. The molecule has 29 heavy (non-hydrogen) atoms. The fourth-order valence-electron chi connectivity index (χ4n) is 2.88. The first-order valence-corrected chi connectivity index (χ1v) is 8.93. The van der Waals surface area contributed by atoms with Gasteiger partial charge in [0.05, 0.1) is 19.3 Å². The number of benzene rings is 3. The molecule has 0 unspecified atom stereocenters. The quantitative estimate of drug-likeness (QED) is 0.613. The third-order valence-corrected chi connectivity index (χ3v) is 4.32. The lowest BCUT2D eigenvalue weighted by Gasteiger charge is -2.12. The van der Waals surface area contributed by atoms with Gasteiger partial charge in [-0.3, -0.25) is 4.79 Å². The fraction of sp³-hybridized carbons (Fsp3) is 0.227. The number of ether oxygens (including phenoxy) is 2. The highest BCUT2D eigenvalue weighted by Gasteiger charge is 2.27. The zero-order valence-electron chi connectivity index (χ0n) is 15.8. The van der Waals surface area contributed by atoms with E-state index in [1.54, 1.807) is 30.3 Å². The Morgan fingerprint density at radius 1 is 0.966 bits per heavy atom. The second-order valence-corrected chi connectivity index (χ2v) is 6.51. The van der Waals surface area contributed by atoms with Crippen molar-refractivity contribution in [1.29, 1.82) is 0 Å². The first kappa shape index (κ1) is 20.7. The van der Waals surface area contributed by atoms with Crippen LogP contribution in [0.25, 0.3) is 10.8 Å². The zero-order chi connectivity index (χ0) is 20.9. The van der Waals surface area contributed by atoms with Crippen LogP contribution in [0, 0.1) is 0 Å². The molecular weight excluding hydrogens is 383 g/mol. The van der Waals surface area contributed by atoms with Crippen molar-refractivity contribution in [2.75, 3.05) is 13.7 Å². The van der Waals surface area contributed by atoms with Crippen molar-refractivity contribution in [3.05, 3.63) is 77.4 Å². The van der Waals surface area contributed by atoms with E-state index in [4.69, 9.17) is 4.74 Å². The average Bonchev–Trinajstić information content (AvgIpc) is 2.71. The Labute approximate surface area is 166 Å². The van der Waals surface area contributed by atoms with Gasteiger partial charge in [-0.1, -0.05) is 48.5 Å². The predicted molar refractivity (Wildman–Crippen MR) is 104 cm³/mol. The smallest absolute Gasteiger partial charge is 0.411 e. The van der Waals surface area contributed by atoms with Gasteiger partial charge in [0.1, 0.15) is 12.4 Å². The van der Waals surface area contributed by atoms with Crippen molar-refractivity contribution in [2.24, 2.45) is 0 Å². The lowest BCUT2D eigenvalue weighted by atomic mass is 10.1. The second-order valence-electron chi connectivity index (χ2n) is 6.51. The number of hydrogen-bond acceptors (Lipinski definition) is 3. The van der Waals surface area contributed by atoms with Crippen molar-refractivity contribution >= 4 is 16.7 Å². The Hall–Kier alpha value is -3.06. The molecule has 0 aliphatic carbocycles. The number of amides is 1. The molecule has 4 nitrogen and oxygen atoms in total. The molecule has 0 saturated heterocycles. The first-order chi connectivity index (χ1) is 13.9. The van der Waals surface area contributed by atoms with Crippen molar-refractivity contribution in [1.82, 2.24) is 5.32 Å². The van der Waals surface area contributed by atoms with Crippen LogP contribution in [0.2, 0.25) is 0 Å². The maximum atomic E-state index is 12.6. The molecule has 0 saturated carbocycles. The van der Waals surface area contributed by atoms with Crippen LogP contribution in [-0.2, 0) is 17.9 Å². The van der Waals surface area contributed by atoms with Crippen LogP contribution in [0.1, 0.15) is 21.5 Å². The van der Waals surface area contributed by atoms with E-state index in [0.717, 1.165) is 16.3 Å². The number of nitrogens with one attached hydrogen (secondary N) is 1. The van der Waals surface area contributed by atoms with Crippen LogP contribution in [0.4, 0.5) is 13.2 Å². The van der Waals surface area contributed by atoms with Crippen LogP contribution in [0.3, 0.4) is 0 Å². The van der Waals surface area contributed by atoms with Gasteiger partial charge >= 0.3 is 6.18 Å². The van der Waals surface area contributed by atoms with E-state index in [1.165, 1.54) is 7.11 Å². The molecule has 0 radical (unpaired) electrons. The molecule has 1 N–H and O–H groups in total. The highest BCUT2D eigenvalue weighted by Crippen LogP contribution is 2.26. The van der Waals surface area contributed by atoms with Gasteiger partial charge in [-0.15, -0.1) is 0 Å². The monoisotopic (exact) mass is 403 g/mol. The van der Waals surface area contributed by atoms with Crippen LogP contribution < -0.4 is 10.1 Å². The van der Waals surface area contributed by atoms with Gasteiger partial charge in [0, 0.05) is 6.54 Å². The van der Waals surface area contributed by atoms with Gasteiger partial charge in [-0.25, -0.2) is 0 Å². The molecule has 7 heteroatoms. The highest BCUT2D eigenvalue weighted by atomic mass is 19.4. The Kier molecular flexibility index (Phi) is 6.39. The van der Waals surface area contributed by atoms with Gasteiger partial charge in [0.2, 0.25) is 0 Å². The molecule has 0 bridgehead atoms. The minimum Gasteiger partial charge on any atom is -0.496 e. The topological polar surface area (TPSA) is 47.6 Å². The number of rotatable bonds is 7. The fourth-order valence-corrected chi connectivity index (χ4v) is 2.88. The van der Waals surface area contributed by atoms with Crippen LogP contribution in [0.5, 0.6) is 5.75 Å². The van der Waals surface area contributed by atoms with Gasteiger partial charge in [-0.05, 0) is 34.0 Å². The summed E-state index contributed by atoms with van der Waals surface area (Å²) in [6.07, 6.45) is -4.34. The molecule has 0 aliphatic rings. The zero-order valence-corrected chi connectivity index (χ0v) is 15.8. The summed E-state index contributed by atoms with van der Waals surface area (Å²) in [5, 5.41) is 4.75. The molecule has 1 amide bonds. The number of alkyl halides is 3. The number of halogens is 3. The third kappa shape index (κ3) is 5.71. The van der Waals surface area contributed by atoms with Crippen LogP contribution >= 0.6 is 0 Å². The van der Waals surface area contributed by atoms with E-state index < -0.39 is 12.8 Å². The molecule has 3 rings (SSSR count). The van der Waals surface area contributed by atoms with Crippen molar-refractivity contribution in [2.45, 2.75) is 19.3 Å². The summed E-state index contributed by atoms with van der Waals surface area (Å²) >= 11 is 0. The molecule has 0 heterocycles. The molecule has 3 aromatic carbocycles. The standard InChI is InChI=1S/C22H20F3NO3/c1-28-20-11-18-5-3-2-4-17(18)10-19(20)21(27)26-12-15-6-8-16(9-7-15)13-29-14-22(23,24)25/h2-11H,12-14H2,1H3,(H,26,27). The molecule has 0 aliphatic heterocycles. The Bertz CT molecular complexity index is 985. The lowest BCUT2D eigenvalue weighted by Crippen LogP contribution is -2.23. The highest BCUT2D eigenvalue weighted by molar-refractivity contribution is 6.01. The van der Waals surface area contributed by atoms with E-state index in [0.29, 0.717) is 16.9 Å². The molecule has 0 aromatic heterocycles. The maximum absolute atomic E-state index is 12.6. The minimum absolute atomic E-state index is 0.125. The van der Waals surface area contributed by atoms with Crippen molar-refractivity contribution < 1.29 is 27.4 Å². The third-order valence-electron chi connectivity index (χ3n) is 4.32. The number of carbonyl (C=O) groups is 1. The molecule has 0 spiro atoms. The van der Waals surface area contributed by atoms with E-state index in [1.807, 2.05) is 30.3 Å². The molecule has 3 aromatic rings. The maximum Gasteiger partial charge on any atom is 0.411 e. The predicted octanol–water partition coefficient (Wildman–Crippen LogP) is 4.86. The van der Waals surface area contributed by atoms with Gasteiger partial charge in [-0.2, -0.15) is 13.2 Å². The largest absolute Gasteiger partial charge is 0.496 e. The SMILES string of the molecule is COc1cc2ccccc2cc1C(=O)NCc1ccc(COCC(F)(F)F)cc1. The first-order valence-electron chi connectivity index (χ1n) is 8.93. The Morgan fingerprint density at radius 3 is 2.21 bits per heavy atom. The minimum atomic E-state index is -4.34. The van der Waals surface area contributed by atoms with Crippen molar-refractivity contribution in [3.63, 3.8) is 0 Å². The number of hydrogen-bond donors (Lipinski definition) is 1. The molecular formula is C22H20F3NO3. The summed E-state index contributed by atoms with van der Waals surface area (Å²) in [5.41, 5.74) is 1.88. The normalized spacial score (nSPS) is 11.4. The summed E-state index contributed by atoms with van der Waals surface area (Å²) in [7, 11) is 1.51. The van der Waals surface area contributed by atoms with Crippen molar-refractivity contribution in [3.8, 4) is 5.75 Å². The second kappa shape index (κ2) is 8.96. The van der Waals surface area contributed by atoms with E-state index in [2.05, 4.69) is 10.1 Å². The summed E-state index contributed by atoms with van der Waals surface area (Å²) < 4.78 is 46.3. The summed E-state index contributed by atoms with van der Waals surface area (Å²) in [6, 6.07) is 18.1. The molecule has 152 valence electrons. The summed E-state index contributed by atoms with van der Waals surface area (Å²) in [4.78, 5) is 12.6. The van der Waals surface area contributed by atoms with E-state index in [-0.39, 0.29) is 19.1 Å². The average molecular weight is 403 g/mol. The van der Waals surface area contributed by atoms with Gasteiger partial charge in [0.25, 0.3) is 5.91 Å². The molecule has 0 fully saturated rings. The van der Waals surface area contributed by atoms with Gasteiger partial charge < -0.3 is 14.8 Å². The number of methoxy groups -OCH3 is 1. The van der Waals surface area contributed by atoms with E-state index in [9.17, 15) is 18.0 Å². The van der Waals surface area contributed by atoms with E-state index >= 15 is 0 Å². The summed E-state index contributed by atoms with van der Waals surface area (Å²) in [5.74, 6) is 0.212. The molecule has 0 atom stereocenters. The van der Waals surface area contributed by atoms with Gasteiger partial charge in [0.15, 0.2) is 0 Å². The number of fused-ring (bicyclic) bond motifs is 1. The Balaban J connectivity index is 1.61. The summed E-state index contributed by atoms with van der Waals surface area (Å²) in [6.45, 7) is -1.13. The Morgan fingerprint density at radius 2 is 1.59 bits per heavy atom.